The Labute approximate surface area is 127 Å². The van der Waals surface area contributed by atoms with E-state index in [9.17, 15) is 9.59 Å². The average molecular weight is 296 g/mol. The summed E-state index contributed by atoms with van der Waals surface area (Å²) >= 11 is 0. The number of rotatable bonds is 10. The molecule has 0 radical (unpaired) electrons. The van der Waals surface area contributed by atoms with Gasteiger partial charge in [-0.25, -0.2) is 4.79 Å². The summed E-state index contributed by atoms with van der Waals surface area (Å²) in [4.78, 5) is 23.8. The maximum absolute atomic E-state index is 12.1. The Hall–Kier alpha value is -1.32. The number of unbranched alkanes of at least 4 members (excludes halogenated alkanes) is 6. The molecule has 1 rings (SSSR count). The molecule has 0 aromatic rings. The molecule has 0 unspecified atom stereocenters. The molecule has 1 atom stereocenters. The largest absolute Gasteiger partial charge is 0.483 e. The SMILES string of the molecule is CCCCCCCCC[C@@]1(C(=O)OCC)CC(=O)C=CO1. The smallest absolute Gasteiger partial charge is 0.350 e. The Morgan fingerprint density at radius 1 is 1.19 bits per heavy atom. The Morgan fingerprint density at radius 3 is 2.48 bits per heavy atom. The molecule has 0 aromatic heterocycles. The summed E-state index contributed by atoms with van der Waals surface area (Å²) in [6.45, 7) is 4.27. The van der Waals surface area contributed by atoms with Crippen molar-refractivity contribution in [3.8, 4) is 0 Å². The van der Waals surface area contributed by atoms with Gasteiger partial charge in [0.1, 0.15) is 0 Å². The van der Waals surface area contributed by atoms with Crippen LogP contribution in [0.2, 0.25) is 0 Å². The molecule has 0 fully saturated rings. The van der Waals surface area contributed by atoms with E-state index in [0.717, 1.165) is 12.8 Å². The molecule has 120 valence electrons. The van der Waals surface area contributed by atoms with Crippen LogP contribution in [0.5, 0.6) is 0 Å². The third-order valence-electron chi connectivity index (χ3n) is 3.84. The van der Waals surface area contributed by atoms with Gasteiger partial charge in [0, 0.05) is 6.08 Å². The van der Waals surface area contributed by atoms with Crippen LogP contribution in [0.4, 0.5) is 0 Å². The summed E-state index contributed by atoms with van der Waals surface area (Å²) in [6.07, 6.45) is 11.5. The van der Waals surface area contributed by atoms with Crippen LogP contribution in [0.1, 0.15) is 71.6 Å². The van der Waals surface area contributed by atoms with Crippen molar-refractivity contribution in [2.75, 3.05) is 6.61 Å². The van der Waals surface area contributed by atoms with Gasteiger partial charge in [-0.1, -0.05) is 45.4 Å². The molecule has 0 aromatic carbocycles. The molecule has 21 heavy (non-hydrogen) atoms. The van der Waals surface area contributed by atoms with Crippen LogP contribution < -0.4 is 0 Å². The molecular formula is C17H28O4. The average Bonchev–Trinajstić information content (AvgIpc) is 2.46. The second-order valence-electron chi connectivity index (χ2n) is 5.65. The molecule has 1 heterocycles. The normalized spacial score (nSPS) is 21.1. The molecule has 0 saturated carbocycles. The highest BCUT2D eigenvalue weighted by atomic mass is 16.6. The molecule has 0 bridgehead atoms. The summed E-state index contributed by atoms with van der Waals surface area (Å²) < 4.78 is 10.6. The molecule has 0 spiro atoms. The first-order chi connectivity index (χ1) is 10.1. The Bertz CT molecular complexity index is 362. The first-order valence-corrected chi connectivity index (χ1v) is 8.19. The molecule has 0 saturated heterocycles. The highest BCUT2D eigenvalue weighted by Crippen LogP contribution is 2.29. The number of esters is 1. The van der Waals surface area contributed by atoms with E-state index < -0.39 is 11.6 Å². The number of allylic oxidation sites excluding steroid dienone is 1. The molecule has 4 heteroatoms. The van der Waals surface area contributed by atoms with E-state index in [1.165, 1.54) is 44.4 Å². The van der Waals surface area contributed by atoms with Gasteiger partial charge < -0.3 is 9.47 Å². The minimum Gasteiger partial charge on any atom is -0.483 e. The van der Waals surface area contributed by atoms with Crippen LogP contribution in [0.15, 0.2) is 12.3 Å². The fraction of sp³-hybridized carbons (Fsp3) is 0.765. The third-order valence-corrected chi connectivity index (χ3v) is 3.84. The van der Waals surface area contributed by atoms with Crippen molar-refractivity contribution in [2.45, 2.75) is 77.2 Å². The Morgan fingerprint density at radius 2 is 1.86 bits per heavy atom. The standard InChI is InChI=1S/C17H28O4/c1-3-5-6-7-8-9-10-12-17(16(19)20-4-2)14-15(18)11-13-21-17/h11,13H,3-10,12,14H2,1-2H3/t17-/m0/s1. The molecule has 1 aliphatic heterocycles. The number of ether oxygens (including phenoxy) is 2. The fourth-order valence-electron chi connectivity index (χ4n) is 2.62. The van der Waals surface area contributed by atoms with Gasteiger partial charge in [-0.05, 0) is 19.8 Å². The number of ketones is 1. The zero-order chi connectivity index (χ0) is 15.6. The quantitative estimate of drug-likeness (QED) is 0.453. The fourth-order valence-corrected chi connectivity index (χ4v) is 2.62. The van der Waals surface area contributed by atoms with Gasteiger partial charge in [-0.3, -0.25) is 4.79 Å². The van der Waals surface area contributed by atoms with Crippen LogP contribution in [-0.2, 0) is 19.1 Å². The number of carbonyl (C=O) groups excluding carboxylic acids is 2. The molecule has 4 nitrogen and oxygen atoms in total. The topological polar surface area (TPSA) is 52.6 Å². The van der Waals surface area contributed by atoms with Crippen LogP contribution in [0.25, 0.3) is 0 Å². The summed E-state index contributed by atoms with van der Waals surface area (Å²) in [7, 11) is 0. The second kappa shape index (κ2) is 9.59. The molecule has 0 amide bonds. The maximum Gasteiger partial charge on any atom is 0.350 e. The zero-order valence-electron chi connectivity index (χ0n) is 13.4. The molecular weight excluding hydrogens is 268 g/mol. The van der Waals surface area contributed by atoms with Crippen molar-refractivity contribution in [1.29, 1.82) is 0 Å². The molecule has 1 aliphatic rings. The van der Waals surface area contributed by atoms with Gasteiger partial charge >= 0.3 is 5.97 Å². The van der Waals surface area contributed by atoms with Crippen molar-refractivity contribution >= 4 is 11.8 Å². The lowest BCUT2D eigenvalue weighted by Crippen LogP contribution is -2.45. The van der Waals surface area contributed by atoms with Crippen molar-refractivity contribution in [3.05, 3.63) is 12.3 Å². The van der Waals surface area contributed by atoms with Gasteiger partial charge in [0.15, 0.2) is 5.78 Å². The van der Waals surface area contributed by atoms with Crippen LogP contribution in [0.3, 0.4) is 0 Å². The molecule has 0 N–H and O–H groups in total. The summed E-state index contributed by atoms with van der Waals surface area (Å²) in [5, 5.41) is 0. The minimum atomic E-state index is -1.09. The van der Waals surface area contributed by atoms with Crippen LogP contribution >= 0.6 is 0 Å². The Kier molecular flexibility index (Phi) is 8.09. The van der Waals surface area contributed by atoms with Gasteiger partial charge in [-0.2, -0.15) is 0 Å². The lowest BCUT2D eigenvalue weighted by atomic mass is 9.88. The number of hydrogen-bond donors (Lipinski definition) is 0. The zero-order valence-corrected chi connectivity index (χ0v) is 13.4. The number of carbonyl (C=O) groups is 2. The second-order valence-corrected chi connectivity index (χ2v) is 5.65. The van der Waals surface area contributed by atoms with Gasteiger partial charge in [0.25, 0.3) is 0 Å². The monoisotopic (exact) mass is 296 g/mol. The third kappa shape index (κ3) is 5.90. The summed E-state index contributed by atoms with van der Waals surface area (Å²) in [5.74, 6) is -0.481. The van der Waals surface area contributed by atoms with E-state index in [1.807, 2.05) is 0 Å². The van der Waals surface area contributed by atoms with E-state index in [-0.39, 0.29) is 12.2 Å². The lowest BCUT2D eigenvalue weighted by molar-refractivity contribution is -0.170. The maximum atomic E-state index is 12.1. The lowest BCUT2D eigenvalue weighted by Gasteiger charge is -2.32. The van der Waals surface area contributed by atoms with Gasteiger partial charge in [0.05, 0.1) is 19.3 Å². The predicted octanol–water partition coefficient (Wildman–Crippen LogP) is 3.93. The minimum absolute atomic E-state index is 0.0720. The van der Waals surface area contributed by atoms with Crippen molar-refractivity contribution in [3.63, 3.8) is 0 Å². The van der Waals surface area contributed by atoms with Crippen LogP contribution in [-0.4, -0.2) is 24.0 Å². The van der Waals surface area contributed by atoms with Crippen molar-refractivity contribution < 1.29 is 19.1 Å². The van der Waals surface area contributed by atoms with Crippen LogP contribution in [0, 0.1) is 0 Å². The highest BCUT2D eigenvalue weighted by Gasteiger charge is 2.44. The van der Waals surface area contributed by atoms with Crippen molar-refractivity contribution in [1.82, 2.24) is 0 Å². The summed E-state index contributed by atoms with van der Waals surface area (Å²) in [6, 6.07) is 0. The van der Waals surface area contributed by atoms with E-state index in [4.69, 9.17) is 9.47 Å². The predicted molar refractivity (Wildman–Crippen MR) is 81.8 cm³/mol. The first kappa shape index (κ1) is 17.7. The van der Waals surface area contributed by atoms with E-state index in [0.29, 0.717) is 13.0 Å². The summed E-state index contributed by atoms with van der Waals surface area (Å²) in [5.41, 5.74) is -1.09. The van der Waals surface area contributed by atoms with Crippen molar-refractivity contribution in [2.24, 2.45) is 0 Å². The Balaban J connectivity index is 2.42. The molecule has 0 aliphatic carbocycles. The first-order valence-electron chi connectivity index (χ1n) is 8.19. The van der Waals surface area contributed by atoms with E-state index in [2.05, 4.69) is 6.92 Å². The van der Waals surface area contributed by atoms with E-state index in [1.54, 1.807) is 6.92 Å². The highest BCUT2D eigenvalue weighted by molar-refractivity contribution is 5.96. The van der Waals surface area contributed by atoms with Gasteiger partial charge in [0.2, 0.25) is 5.60 Å². The number of hydrogen-bond acceptors (Lipinski definition) is 4. The van der Waals surface area contributed by atoms with E-state index >= 15 is 0 Å². The van der Waals surface area contributed by atoms with Gasteiger partial charge in [-0.15, -0.1) is 0 Å².